The van der Waals surface area contributed by atoms with Crippen molar-refractivity contribution in [1.29, 1.82) is 0 Å². The van der Waals surface area contributed by atoms with E-state index in [0.29, 0.717) is 17.8 Å². The SMILES string of the molecule is C[C@]12CC[C@H]3[C@@H](CC=C4C[C@H](O)CC[C@@]43C)[C@@H]1C/C(=C\c1ccc(OC(F)F)cc1)[C@H]2O. The van der Waals surface area contributed by atoms with E-state index in [1.165, 1.54) is 5.57 Å². The van der Waals surface area contributed by atoms with Gasteiger partial charge in [0, 0.05) is 5.41 Å². The molecular weight excluding hydrogens is 410 g/mol. The van der Waals surface area contributed by atoms with E-state index < -0.39 is 12.7 Å². The molecule has 0 radical (unpaired) electrons. The molecule has 4 aliphatic rings. The predicted octanol–water partition coefficient (Wildman–Crippen LogP) is 5.97. The second-order valence-corrected chi connectivity index (χ2v) is 11.0. The van der Waals surface area contributed by atoms with Gasteiger partial charge in [0.05, 0.1) is 12.2 Å². The number of hydrogen-bond acceptors (Lipinski definition) is 3. The summed E-state index contributed by atoms with van der Waals surface area (Å²) in [5.74, 6) is 1.75. The van der Waals surface area contributed by atoms with Gasteiger partial charge in [-0.3, -0.25) is 0 Å². The number of ether oxygens (including phenoxy) is 1. The van der Waals surface area contributed by atoms with Crippen molar-refractivity contribution in [3.63, 3.8) is 0 Å². The lowest BCUT2D eigenvalue weighted by Crippen LogP contribution is -2.51. The van der Waals surface area contributed by atoms with E-state index in [0.717, 1.165) is 56.1 Å². The molecule has 1 aromatic rings. The fourth-order valence-electron chi connectivity index (χ4n) is 7.60. The molecular formula is C27H34F2O3. The number of aliphatic hydroxyl groups excluding tert-OH is 2. The number of hydrogen-bond donors (Lipinski definition) is 2. The van der Waals surface area contributed by atoms with Gasteiger partial charge < -0.3 is 14.9 Å². The van der Waals surface area contributed by atoms with E-state index in [1.54, 1.807) is 24.3 Å². The molecule has 32 heavy (non-hydrogen) atoms. The summed E-state index contributed by atoms with van der Waals surface area (Å²) in [6.07, 6.45) is 10.6. The van der Waals surface area contributed by atoms with Crippen molar-refractivity contribution in [2.45, 2.75) is 77.6 Å². The molecule has 3 nitrogen and oxygen atoms in total. The Kier molecular flexibility index (Phi) is 5.49. The second kappa shape index (κ2) is 7.95. The van der Waals surface area contributed by atoms with Crippen LogP contribution < -0.4 is 4.74 Å². The number of aliphatic hydroxyl groups is 2. The van der Waals surface area contributed by atoms with Crippen molar-refractivity contribution in [3.05, 3.63) is 47.1 Å². The van der Waals surface area contributed by atoms with Crippen LogP contribution in [-0.4, -0.2) is 29.0 Å². The van der Waals surface area contributed by atoms with Gasteiger partial charge in [-0.25, -0.2) is 0 Å². The maximum absolute atomic E-state index is 12.4. The van der Waals surface area contributed by atoms with Crippen LogP contribution in [0.4, 0.5) is 8.78 Å². The molecule has 0 aromatic heterocycles. The number of rotatable bonds is 3. The highest BCUT2D eigenvalue weighted by Gasteiger charge is 2.59. The zero-order valence-corrected chi connectivity index (χ0v) is 18.9. The van der Waals surface area contributed by atoms with Crippen LogP contribution in [0.5, 0.6) is 5.75 Å². The second-order valence-electron chi connectivity index (χ2n) is 11.0. The molecule has 0 amide bonds. The first-order valence-electron chi connectivity index (χ1n) is 12.0. The lowest BCUT2D eigenvalue weighted by atomic mass is 9.48. The smallest absolute Gasteiger partial charge is 0.387 e. The van der Waals surface area contributed by atoms with Gasteiger partial charge in [0.2, 0.25) is 0 Å². The zero-order chi connectivity index (χ0) is 22.7. The lowest BCUT2D eigenvalue weighted by Gasteiger charge is -2.57. The average Bonchev–Trinajstić information content (AvgIpc) is 3.00. The molecule has 0 heterocycles. The Bertz CT molecular complexity index is 923. The van der Waals surface area contributed by atoms with Gasteiger partial charge in [-0.1, -0.05) is 43.7 Å². The highest BCUT2D eigenvalue weighted by Crippen LogP contribution is 2.65. The Hall–Kier alpha value is -1.72. The minimum Gasteiger partial charge on any atom is -0.435 e. The van der Waals surface area contributed by atoms with E-state index in [2.05, 4.69) is 24.7 Å². The third-order valence-electron chi connectivity index (χ3n) is 9.40. The molecule has 0 saturated heterocycles. The summed E-state index contributed by atoms with van der Waals surface area (Å²) < 4.78 is 29.3. The van der Waals surface area contributed by atoms with Crippen molar-refractivity contribution < 1.29 is 23.7 Å². The van der Waals surface area contributed by atoms with Crippen molar-refractivity contribution in [2.24, 2.45) is 28.6 Å². The number of alkyl halides is 2. The summed E-state index contributed by atoms with van der Waals surface area (Å²) in [4.78, 5) is 0. The van der Waals surface area contributed by atoms with Crippen molar-refractivity contribution >= 4 is 6.08 Å². The molecule has 0 unspecified atom stereocenters. The zero-order valence-electron chi connectivity index (χ0n) is 18.9. The molecule has 0 bridgehead atoms. The largest absolute Gasteiger partial charge is 0.435 e. The summed E-state index contributed by atoms with van der Waals surface area (Å²) in [6, 6.07) is 6.65. The first-order valence-corrected chi connectivity index (χ1v) is 12.0. The molecule has 4 aliphatic carbocycles. The van der Waals surface area contributed by atoms with E-state index in [1.807, 2.05) is 6.08 Å². The standard InChI is InChI=1S/C27H34F2O3/c1-26-11-9-19(30)15-18(26)5-8-21-22(26)10-12-27(2)23(21)14-17(24(27)31)13-16-3-6-20(7-4-16)32-25(28)29/h3-7,13,19,21-25,30-31H,8-12,14-15H2,1-2H3/b17-13+/t19-,21-,22+,23+,24-,26+,27+/m1/s1. The van der Waals surface area contributed by atoms with Crippen LogP contribution >= 0.6 is 0 Å². The minimum atomic E-state index is -2.83. The highest BCUT2D eigenvalue weighted by molar-refractivity contribution is 5.56. The summed E-state index contributed by atoms with van der Waals surface area (Å²) in [6.45, 7) is 1.84. The van der Waals surface area contributed by atoms with Gasteiger partial charge in [0.15, 0.2) is 0 Å². The van der Waals surface area contributed by atoms with Gasteiger partial charge in [-0.15, -0.1) is 0 Å². The Morgan fingerprint density at radius 2 is 1.78 bits per heavy atom. The molecule has 7 atom stereocenters. The van der Waals surface area contributed by atoms with Crippen LogP contribution in [0.15, 0.2) is 41.5 Å². The van der Waals surface area contributed by atoms with Crippen LogP contribution in [0, 0.1) is 28.6 Å². The molecule has 1 aromatic carbocycles. The van der Waals surface area contributed by atoms with Crippen LogP contribution in [0.3, 0.4) is 0 Å². The van der Waals surface area contributed by atoms with E-state index in [9.17, 15) is 19.0 Å². The molecule has 3 fully saturated rings. The van der Waals surface area contributed by atoms with Gasteiger partial charge in [-0.2, -0.15) is 8.78 Å². The Labute approximate surface area is 189 Å². The first-order chi connectivity index (χ1) is 15.2. The van der Waals surface area contributed by atoms with E-state index >= 15 is 0 Å². The third kappa shape index (κ3) is 3.52. The van der Waals surface area contributed by atoms with Crippen LogP contribution in [0.2, 0.25) is 0 Å². The van der Waals surface area contributed by atoms with Gasteiger partial charge in [0.1, 0.15) is 5.75 Å². The van der Waals surface area contributed by atoms with E-state index in [4.69, 9.17) is 0 Å². The third-order valence-corrected chi connectivity index (χ3v) is 9.40. The topological polar surface area (TPSA) is 49.7 Å². The Balaban J connectivity index is 1.40. The monoisotopic (exact) mass is 444 g/mol. The van der Waals surface area contributed by atoms with Crippen molar-refractivity contribution in [3.8, 4) is 5.75 Å². The van der Waals surface area contributed by atoms with Crippen LogP contribution in [0.1, 0.15) is 64.4 Å². The molecule has 2 N–H and O–H groups in total. The molecule has 0 aliphatic heterocycles. The molecule has 5 rings (SSSR count). The highest BCUT2D eigenvalue weighted by atomic mass is 19.3. The Morgan fingerprint density at radius 1 is 1.03 bits per heavy atom. The van der Waals surface area contributed by atoms with Crippen molar-refractivity contribution in [2.75, 3.05) is 0 Å². The molecule has 174 valence electrons. The number of halogens is 2. The first kappa shape index (κ1) is 22.1. The van der Waals surface area contributed by atoms with Gasteiger partial charge >= 0.3 is 6.61 Å². The van der Waals surface area contributed by atoms with Crippen LogP contribution in [-0.2, 0) is 0 Å². The Morgan fingerprint density at radius 3 is 2.50 bits per heavy atom. The fraction of sp³-hybridized carbons (Fsp3) is 0.630. The van der Waals surface area contributed by atoms with E-state index in [-0.39, 0.29) is 22.7 Å². The normalized spacial score (nSPS) is 42.3. The average molecular weight is 445 g/mol. The summed E-state index contributed by atoms with van der Waals surface area (Å²) >= 11 is 0. The summed E-state index contributed by atoms with van der Waals surface area (Å²) in [7, 11) is 0. The molecule has 0 spiro atoms. The summed E-state index contributed by atoms with van der Waals surface area (Å²) in [5, 5.41) is 21.6. The van der Waals surface area contributed by atoms with Crippen molar-refractivity contribution in [1.82, 2.24) is 0 Å². The molecule has 3 saturated carbocycles. The lowest BCUT2D eigenvalue weighted by molar-refractivity contribution is -0.0685. The van der Waals surface area contributed by atoms with Gasteiger partial charge in [-0.05, 0) is 91.4 Å². The number of allylic oxidation sites excluding steroid dienone is 1. The quantitative estimate of drug-likeness (QED) is 0.565. The molecule has 5 heteroatoms. The summed E-state index contributed by atoms with van der Waals surface area (Å²) in [5.41, 5.74) is 3.47. The van der Waals surface area contributed by atoms with Crippen LogP contribution in [0.25, 0.3) is 6.08 Å². The number of fused-ring (bicyclic) bond motifs is 5. The van der Waals surface area contributed by atoms with Gasteiger partial charge in [0.25, 0.3) is 0 Å². The maximum Gasteiger partial charge on any atom is 0.387 e. The minimum absolute atomic E-state index is 0.123. The fourth-order valence-corrected chi connectivity index (χ4v) is 7.60. The maximum atomic E-state index is 12.4. The number of benzene rings is 1. The predicted molar refractivity (Wildman–Crippen MR) is 120 cm³/mol.